The summed E-state index contributed by atoms with van der Waals surface area (Å²) in [7, 11) is 1.61. The zero-order valence-corrected chi connectivity index (χ0v) is 20.1. The van der Waals surface area contributed by atoms with Crippen molar-refractivity contribution in [2.24, 2.45) is 7.05 Å². The Morgan fingerprint density at radius 3 is 2.31 bits per heavy atom. The van der Waals surface area contributed by atoms with Crippen LogP contribution in [0.5, 0.6) is 0 Å². The molecule has 0 bridgehead atoms. The van der Waals surface area contributed by atoms with Crippen LogP contribution in [0.3, 0.4) is 0 Å². The number of carbonyl (C=O) groups is 1. The van der Waals surface area contributed by atoms with Gasteiger partial charge in [-0.15, -0.1) is 11.3 Å². The van der Waals surface area contributed by atoms with Crippen molar-refractivity contribution < 1.29 is 4.79 Å². The van der Waals surface area contributed by atoms with E-state index in [0.717, 1.165) is 16.8 Å². The van der Waals surface area contributed by atoms with Crippen LogP contribution in [0.2, 0.25) is 0 Å². The maximum atomic E-state index is 13.7. The van der Waals surface area contributed by atoms with Gasteiger partial charge in [0.25, 0.3) is 5.56 Å². The second kappa shape index (κ2) is 10.0. The number of thiazole rings is 1. The van der Waals surface area contributed by atoms with E-state index in [2.05, 4.69) is 17.2 Å². The van der Waals surface area contributed by atoms with Gasteiger partial charge in [-0.25, -0.2) is 9.67 Å². The molecule has 0 unspecified atom stereocenters. The van der Waals surface area contributed by atoms with Gasteiger partial charge in [-0.2, -0.15) is 5.10 Å². The van der Waals surface area contributed by atoms with Gasteiger partial charge in [0.2, 0.25) is 5.91 Å². The Hall–Kier alpha value is -4.10. The summed E-state index contributed by atoms with van der Waals surface area (Å²) in [6.45, 7) is 0.494. The first kappa shape index (κ1) is 22.7. The largest absolute Gasteiger partial charge is 0.287 e. The minimum absolute atomic E-state index is 0.0731. The molecule has 174 valence electrons. The molecule has 0 saturated carbocycles. The molecule has 6 nitrogen and oxygen atoms in total. The van der Waals surface area contributed by atoms with Crippen molar-refractivity contribution in [1.82, 2.24) is 14.8 Å². The number of carbonyl (C=O) groups excluding carboxylic acids is 1. The highest BCUT2D eigenvalue weighted by Gasteiger charge is 2.22. The summed E-state index contributed by atoms with van der Waals surface area (Å²) in [5, 5.41) is 8.32. The number of aryl methyl sites for hydroxylation is 1. The van der Waals surface area contributed by atoms with Gasteiger partial charge in [-0.3, -0.25) is 14.5 Å². The Balaban J connectivity index is 1.48. The third-order valence-electron chi connectivity index (χ3n) is 5.91. The second-order valence-corrected chi connectivity index (χ2v) is 9.10. The van der Waals surface area contributed by atoms with Gasteiger partial charge in [0.15, 0.2) is 5.13 Å². The Kier molecular flexibility index (Phi) is 6.50. The number of anilines is 1. The molecule has 0 fully saturated rings. The van der Waals surface area contributed by atoms with Crippen LogP contribution >= 0.6 is 11.3 Å². The maximum absolute atomic E-state index is 13.7. The van der Waals surface area contributed by atoms with Crippen molar-refractivity contribution in [3.05, 3.63) is 112 Å². The number of benzene rings is 3. The van der Waals surface area contributed by atoms with Crippen molar-refractivity contribution in [3.8, 4) is 11.3 Å². The summed E-state index contributed by atoms with van der Waals surface area (Å²) in [6, 6.07) is 27.3. The lowest BCUT2D eigenvalue weighted by Crippen LogP contribution is -2.35. The normalized spacial score (nSPS) is 11.0. The van der Waals surface area contributed by atoms with E-state index in [0.29, 0.717) is 34.6 Å². The van der Waals surface area contributed by atoms with Crippen molar-refractivity contribution >= 4 is 33.1 Å². The molecule has 0 spiro atoms. The Bertz CT molecular complexity index is 1530. The predicted octanol–water partition coefficient (Wildman–Crippen LogP) is 4.88. The summed E-state index contributed by atoms with van der Waals surface area (Å²) < 4.78 is 1.30. The van der Waals surface area contributed by atoms with Crippen LogP contribution in [0, 0.1) is 0 Å². The SMILES string of the molecule is Cn1nc(CC(=O)N(CCc2ccccc2)c2nc(-c3ccccc3)cs2)c2ccccc2c1=O. The first-order valence-corrected chi connectivity index (χ1v) is 12.3. The number of nitrogens with zero attached hydrogens (tertiary/aromatic N) is 4. The van der Waals surface area contributed by atoms with Crippen molar-refractivity contribution in [2.75, 3.05) is 11.4 Å². The van der Waals surface area contributed by atoms with E-state index in [-0.39, 0.29) is 17.9 Å². The summed E-state index contributed by atoms with van der Waals surface area (Å²) >= 11 is 1.45. The minimum atomic E-state index is -0.176. The fourth-order valence-electron chi connectivity index (χ4n) is 4.09. The standard InChI is InChI=1S/C28H24N4O2S/c1-31-27(34)23-15-9-8-14-22(23)24(30-31)18-26(33)32(17-16-20-10-4-2-5-11-20)28-29-25(19-35-28)21-12-6-3-7-13-21/h2-15,19H,16-18H2,1H3. The van der Waals surface area contributed by atoms with Crippen LogP contribution in [-0.4, -0.2) is 27.2 Å². The number of amides is 1. The number of hydrogen-bond donors (Lipinski definition) is 0. The molecule has 0 saturated heterocycles. The van der Waals surface area contributed by atoms with Crippen LogP contribution in [0.15, 0.2) is 95.1 Å². The first-order chi connectivity index (χ1) is 17.1. The lowest BCUT2D eigenvalue weighted by molar-refractivity contribution is -0.118. The highest BCUT2D eigenvalue weighted by atomic mass is 32.1. The summed E-state index contributed by atoms with van der Waals surface area (Å²) in [5.41, 5.74) is 3.41. The molecular weight excluding hydrogens is 456 g/mol. The molecule has 5 rings (SSSR count). The Morgan fingerprint density at radius 1 is 0.914 bits per heavy atom. The van der Waals surface area contributed by atoms with Gasteiger partial charge >= 0.3 is 0 Å². The second-order valence-electron chi connectivity index (χ2n) is 8.26. The average Bonchev–Trinajstić information content (AvgIpc) is 3.38. The fourth-order valence-corrected chi connectivity index (χ4v) is 4.96. The summed E-state index contributed by atoms with van der Waals surface area (Å²) in [5.74, 6) is -0.105. The lowest BCUT2D eigenvalue weighted by Gasteiger charge is -2.20. The van der Waals surface area contributed by atoms with Gasteiger partial charge in [-0.05, 0) is 18.1 Å². The first-order valence-electron chi connectivity index (χ1n) is 11.4. The molecule has 3 aromatic carbocycles. The molecule has 35 heavy (non-hydrogen) atoms. The van der Waals surface area contributed by atoms with Gasteiger partial charge < -0.3 is 0 Å². The smallest absolute Gasteiger partial charge is 0.274 e. The Labute approximate surface area is 207 Å². The summed E-state index contributed by atoms with van der Waals surface area (Å²) in [4.78, 5) is 32.7. The molecule has 2 heterocycles. The van der Waals surface area contributed by atoms with Crippen LogP contribution in [-0.2, 0) is 24.7 Å². The van der Waals surface area contributed by atoms with E-state index in [1.54, 1.807) is 18.0 Å². The zero-order chi connectivity index (χ0) is 24.2. The van der Waals surface area contributed by atoms with Gasteiger partial charge in [0.1, 0.15) is 0 Å². The quantitative estimate of drug-likeness (QED) is 0.333. The molecule has 0 radical (unpaired) electrons. The molecule has 0 aliphatic heterocycles. The average molecular weight is 481 g/mol. The molecule has 1 amide bonds. The number of aromatic nitrogens is 3. The minimum Gasteiger partial charge on any atom is -0.287 e. The van der Waals surface area contributed by atoms with Crippen molar-refractivity contribution in [2.45, 2.75) is 12.8 Å². The third kappa shape index (κ3) is 4.90. The van der Waals surface area contributed by atoms with Crippen LogP contribution in [0.25, 0.3) is 22.0 Å². The lowest BCUT2D eigenvalue weighted by atomic mass is 10.1. The molecule has 7 heteroatoms. The van der Waals surface area contributed by atoms with Gasteiger partial charge in [-0.1, -0.05) is 78.9 Å². The van der Waals surface area contributed by atoms with Crippen molar-refractivity contribution in [3.63, 3.8) is 0 Å². The highest BCUT2D eigenvalue weighted by molar-refractivity contribution is 7.14. The monoisotopic (exact) mass is 480 g/mol. The van der Waals surface area contributed by atoms with E-state index in [1.165, 1.54) is 16.0 Å². The van der Waals surface area contributed by atoms with Crippen LogP contribution < -0.4 is 10.5 Å². The Morgan fingerprint density at radius 2 is 1.57 bits per heavy atom. The molecule has 5 aromatic rings. The van der Waals surface area contributed by atoms with Crippen LogP contribution in [0.4, 0.5) is 5.13 Å². The van der Waals surface area contributed by atoms with Crippen LogP contribution in [0.1, 0.15) is 11.3 Å². The van der Waals surface area contributed by atoms with E-state index in [9.17, 15) is 9.59 Å². The molecule has 2 aromatic heterocycles. The third-order valence-corrected chi connectivity index (χ3v) is 6.78. The van der Waals surface area contributed by atoms with Gasteiger partial charge in [0.05, 0.1) is 23.2 Å². The molecule has 0 atom stereocenters. The number of hydrogen-bond acceptors (Lipinski definition) is 5. The predicted molar refractivity (Wildman–Crippen MR) is 141 cm³/mol. The topological polar surface area (TPSA) is 68.1 Å². The van der Waals surface area contributed by atoms with Crippen molar-refractivity contribution in [1.29, 1.82) is 0 Å². The van der Waals surface area contributed by atoms with E-state index >= 15 is 0 Å². The summed E-state index contributed by atoms with van der Waals surface area (Å²) in [6.07, 6.45) is 0.776. The number of rotatable bonds is 7. The zero-order valence-electron chi connectivity index (χ0n) is 19.3. The van der Waals surface area contributed by atoms with E-state index in [4.69, 9.17) is 4.98 Å². The maximum Gasteiger partial charge on any atom is 0.274 e. The highest BCUT2D eigenvalue weighted by Crippen LogP contribution is 2.28. The molecule has 0 N–H and O–H groups in total. The van der Waals surface area contributed by atoms with E-state index < -0.39 is 0 Å². The molecule has 0 aliphatic rings. The fraction of sp³-hybridized carbons (Fsp3) is 0.143. The number of fused-ring (bicyclic) bond motifs is 1. The van der Waals surface area contributed by atoms with E-state index in [1.807, 2.05) is 72.1 Å². The molecular formula is C28H24N4O2S. The molecule has 0 aliphatic carbocycles. The van der Waals surface area contributed by atoms with Gasteiger partial charge in [0, 0.05) is 29.9 Å².